The number of aryl methyl sites for hydroxylation is 1. The second-order valence-electron chi connectivity index (χ2n) is 4.98. The molecule has 0 aliphatic carbocycles. The molecular weight excluding hydrogens is 286 g/mol. The van der Waals surface area contributed by atoms with Crippen LogP contribution in [-0.2, 0) is 6.42 Å². The van der Waals surface area contributed by atoms with E-state index in [2.05, 4.69) is 55.5 Å². The van der Waals surface area contributed by atoms with Crippen LogP contribution < -0.4 is 10.2 Å². The van der Waals surface area contributed by atoms with Gasteiger partial charge in [0.15, 0.2) is 5.13 Å². The summed E-state index contributed by atoms with van der Waals surface area (Å²) in [6.45, 7) is 8.46. The van der Waals surface area contributed by atoms with Gasteiger partial charge >= 0.3 is 0 Å². The van der Waals surface area contributed by atoms with Crippen LogP contribution in [0.1, 0.15) is 35.3 Å². The summed E-state index contributed by atoms with van der Waals surface area (Å²) < 4.78 is 0. The Bertz CT molecular complexity index is 519. The van der Waals surface area contributed by atoms with Crippen LogP contribution in [0.2, 0.25) is 0 Å². The smallest absolute Gasteiger partial charge is 0.185 e. The zero-order chi connectivity index (χ0) is 14.5. The van der Waals surface area contributed by atoms with E-state index in [0.717, 1.165) is 30.3 Å². The van der Waals surface area contributed by atoms with E-state index in [1.807, 2.05) is 22.7 Å². The molecule has 2 rings (SSSR count). The molecule has 1 N–H and O–H groups in total. The SMILES string of the molecule is CCNC(C)c1sc(N(C)CCc2cccs2)nc1C. The minimum absolute atomic E-state index is 0.386. The number of hydrogen-bond acceptors (Lipinski definition) is 5. The van der Waals surface area contributed by atoms with Crippen molar-refractivity contribution in [3.8, 4) is 0 Å². The summed E-state index contributed by atoms with van der Waals surface area (Å²) >= 11 is 3.63. The van der Waals surface area contributed by atoms with Crippen molar-refractivity contribution in [2.75, 3.05) is 25.0 Å². The monoisotopic (exact) mass is 309 g/mol. The van der Waals surface area contributed by atoms with Crippen molar-refractivity contribution in [2.24, 2.45) is 0 Å². The van der Waals surface area contributed by atoms with Crippen molar-refractivity contribution in [1.82, 2.24) is 10.3 Å². The predicted octanol–water partition coefficient (Wildman–Crippen LogP) is 3.86. The number of thiophene rings is 1. The maximum absolute atomic E-state index is 4.72. The van der Waals surface area contributed by atoms with E-state index in [-0.39, 0.29) is 0 Å². The Morgan fingerprint density at radius 3 is 2.90 bits per heavy atom. The maximum Gasteiger partial charge on any atom is 0.185 e. The lowest BCUT2D eigenvalue weighted by molar-refractivity contribution is 0.603. The van der Waals surface area contributed by atoms with Crippen LogP contribution in [-0.4, -0.2) is 25.1 Å². The molecule has 3 nitrogen and oxygen atoms in total. The molecule has 0 aliphatic heterocycles. The molecule has 1 atom stereocenters. The highest BCUT2D eigenvalue weighted by Crippen LogP contribution is 2.30. The molecule has 0 saturated heterocycles. The van der Waals surface area contributed by atoms with Gasteiger partial charge in [-0.2, -0.15) is 0 Å². The van der Waals surface area contributed by atoms with Gasteiger partial charge in [-0.1, -0.05) is 13.0 Å². The highest BCUT2D eigenvalue weighted by atomic mass is 32.1. The highest BCUT2D eigenvalue weighted by molar-refractivity contribution is 7.15. The van der Waals surface area contributed by atoms with Gasteiger partial charge in [-0.05, 0) is 38.3 Å². The minimum Gasteiger partial charge on any atom is -0.351 e. The van der Waals surface area contributed by atoms with Crippen molar-refractivity contribution in [3.63, 3.8) is 0 Å². The average Bonchev–Trinajstić information content (AvgIpc) is 3.05. The van der Waals surface area contributed by atoms with Gasteiger partial charge < -0.3 is 10.2 Å². The maximum atomic E-state index is 4.72. The third-order valence-corrected chi connectivity index (χ3v) is 5.72. The Balaban J connectivity index is 1.99. The Morgan fingerprint density at radius 1 is 1.45 bits per heavy atom. The van der Waals surface area contributed by atoms with Crippen LogP contribution in [0.25, 0.3) is 0 Å². The quantitative estimate of drug-likeness (QED) is 0.841. The van der Waals surface area contributed by atoms with Crippen molar-refractivity contribution in [2.45, 2.75) is 33.2 Å². The molecule has 0 radical (unpaired) electrons. The number of rotatable bonds is 7. The molecular formula is C15H23N3S2. The van der Waals surface area contributed by atoms with Gasteiger partial charge in [-0.15, -0.1) is 22.7 Å². The molecule has 0 bridgehead atoms. The topological polar surface area (TPSA) is 28.2 Å². The second kappa shape index (κ2) is 7.20. The number of aromatic nitrogens is 1. The number of nitrogens with zero attached hydrogens (tertiary/aromatic N) is 2. The lowest BCUT2D eigenvalue weighted by Crippen LogP contribution is -2.19. The summed E-state index contributed by atoms with van der Waals surface area (Å²) in [6.07, 6.45) is 1.09. The molecule has 2 aromatic rings. The lowest BCUT2D eigenvalue weighted by Gasteiger charge is -2.15. The highest BCUT2D eigenvalue weighted by Gasteiger charge is 2.15. The molecule has 0 aromatic carbocycles. The number of anilines is 1. The van der Waals surface area contributed by atoms with Crippen molar-refractivity contribution in [1.29, 1.82) is 0 Å². The first-order chi connectivity index (χ1) is 9.61. The van der Waals surface area contributed by atoms with Gasteiger partial charge in [0.05, 0.1) is 5.69 Å². The van der Waals surface area contributed by atoms with E-state index in [4.69, 9.17) is 4.98 Å². The molecule has 2 heterocycles. The van der Waals surface area contributed by atoms with E-state index in [1.54, 1.807) is 0 Å². The Kier molecular flexibility index (Phi) is 5.57. The summed E-state index contributed by atoms with van der Waals surface area (Å²) in [7, 11) is 2.13. The molecule has 110 valence electrons. The van der Waals surface area contributed by atoms with E-state index in [9.17, 15) is 0 Å². The summed E-state index contributed by atoms with van der Waals surface area (Å²) in [6, 6.07) is 4.70. The summed E-state index contributed by atoms with van der Waals surface area (Å²) in [5, 5.41) is 6.72. The van der Waals surface area contributed by atoms with E-state index < -0.39 is 0 Å². The van der Waals surface area contributed by atoms with Crippen molar-refractivity contribution >= 4 is 27.8 Å². The van der Waals surface area contributed by atoms with Crippen LogP contribution in [0, 0.1) is 6.92 Å². The number of thiazole rings is 1. The molecule has 1 unspecified atom stereocenters. The van der Waals surface area contributed by atoms with Crippen LogP contribution in [0.5, 0.6) is 0 Å². The zero-order valence-corrected chi connectivity index (χ0v) is 14.3. The molecule has 0 spiro atoms. The Labute approximate surface area is 129 Å². The van der Waals surface area contributed by atoms with E-state index >= 15 is 0 Å². The van der Waals surface area contributed by atoms with Crippen molar-refractivity contribution in [3.05, 3.63) is 33.0 Å². The number of likely N-dealkylation sites (N-methyl/N-ethyl adjacent to an activating group) is 1. The second-order valence-corrected chi connectivity index (χ2v) is 7.02. The zero-order valence-electron chi connectivity index (χ0n) is 12.6. The largest absolute Gasteiger partial charge is 0.351 e. The van der Waals surface area contributed by atoms with Gasteiger partial charge in [0, 0.05) is 29.4 Å². The van der Waals surface area contributed by atoms with Gasteiger partial charge in [-0.25, -0.2) is 4.98 Å². The van der Waals surface area contributed by atoms with Gasteiger partial charge in [0.25, 0.3) is 0 Å². The standard InChI is InChI=1S/C15H23N3S2/c1-5-16-11(2)14-12(3)17-15(20-14)18(4)9-8-13-7-6-10-19-13/h6-7,10-11,16H,5,8-9H2,1-4H3. The Morgan fingerprint density at radius 2 is 2.25 bits per heavy atom. The number of hydrogen-bond donors (Lipinski definition) is 1. The molecule has 2 aromatic heterocycles. The lowest BCUT2D eigenvalue weighted by atomic mass is 10.2. The fourth-order valence-corrected chi connectivity index (χ4v) is 3.96. The first kappa shape index (κ1) is 15.5. The van der Waals surface area contributed by atoms with Gasteiger partial charge in [0.1, 0.15) is 0 Å². The molecule has 0 amide bonds. The third-order valence-electron chi connectivity index (χ3n) is 3.33. The molecule has 0 saturated carbocycles. The van der Waals surface area contributed by atoms with Gasteiger partial charge in [0.2, 0.25) is 0 Å². The van der Waals surface area contributed by atoms with Crippen molar-refractivity contribution < 1.29 is 0 Å². The van der Waals surface area contributed by atoms with Crippen LogP contribution >= 0.6 is 22.7 Å². The van der Waals surface area contributed by atoms with Crippen LogP contribution in [0.3, 0.4) is 0 Å². The van der Waals surface area contributed by atoms with Crippen LogP contribution in [0.15, 0.2) is 17.5 Å². The van der Waals surface area contributed by atoms with Crippen LogP contribution in [0.4, 0.5) is 5.13 Å². The molecule has 20 heavy (non-hydrogen) atoms. The first-order valence-corrected chi connectivity index (χ1v) is 8.75. The van der Waals surface area contributed by atoms with Gasteiger partial charge in [-0.3, -0.25) is 0 Å². The number of nitrogens with one attached hydrogen (secondary N) is 1. The third kappa shape index (κ3) is 3.81. The normalized spacial score (nSPS) is 12.6. The summed E-state index contributed by atoms with van der Waals surface area (Å²) in [4.78, 5) is 9.77. The molecule has 0 fully saturated rings. The van der Waals surface area contributed by atoms with E-state index in [0.29, 0.717) is 6.04 Å². The minimum atomic E-state index is 0.386. The predicted molar refractivity (Wildman–Crippen MR) is 90.2 cm³/mol. The molecule has 5 heteroatoms. The molecule has 0 aliphatic rings. The summed E-state index contributed by atoms with van der Waals surface area (Å²) in [5.41, 5.74) is 1.15. The summed E-state index contributed by atoms with van der Waals surface area (Å²) in [5.74, 6) is 0. The first-order valence-electron chi connectivity index (χ1n) is 7.06. The Hall–Kier alpha value is -0.910. The average molecular weight is 310 g/mol. The fraction of sp³-hybridized carbons (Fsp3) is 0.533. The van der Waals surface area contributed by atoms with E-state index in [1.165, 1.54) is 9.75 Å². The fourth-order valence-electron chi connectivity index (χ4n) is 2.19.